The summed E-state index contributed by atoms with van der Waals surface area (Å²) in [6, 6.07) is 13.7. The molecular weight excluding hydrogens is 355 g/mol. The molecule has 1 aromatic heterocycles. The number of halogens is 1. The third-order valence-corrected chi connectivity index (χ3v) is 5.10. The summed E-state index contributed by atoms with van der Waals surface area (Å²) in [5.74, 6) is 0.0741. The normalized spacial score (nSPS) is 16.8. The van der Waals surface area contributed by atoms with E-state index in [2.05, 4.69) is 9.97 Å². The van der Waals surface area contributed by atoms with Crippen LogP contribution in [0.1, 0.15) is 41.2 Å². The van der Waals surface area contributed by atoms with E-state index < -0.39 is 0 Å². The van der Waals surface area contributed by atoms with Crippen LogP contribution in [-0.2, 0) is 0 Å². The molecule has 1 fully saturated rings. The summed E-state index contributed by atoms with van der Waals surface area (Å²) in [6.07, 6.45) is 6.04. The second-order valence-corrected chi connectivity index (χ2v) is 6.97. The fraction of sp³-hybridized carbons (Fsp3) is 0.227. The Balaban J connectivity index is 1.57. The molecule has 6 heteroatoms. The number of carbonyl (C=O) groups is 1. The van der Waals surface area contributed by atoms with Gasteiger partial charge >= 0.3 is 0 Å². The predicted molar refractivity (Wildman–Crippen MR) is 106 cm³/mol. The Morgan fingerprint density at radius 3 is 2.50 bits per heavy atom. The van der Waals surface area contributed by atoms with Gasteiger partial charge in [-0.05, 0) is 49.1 Å². The smallest absolute Gasteiger partial charge is 0.254 e. The van der Waals surface area contributed by atoms with Crippen LogP contribution in [0.4, 0.5) is 10.2 Å². The molecule has 0 bridgehead atoms. The molecule has 28 heavy (non-hydrogen) atoms. The first-order chi connectivity index (χ1) is 13.6. The van der Waals surface area contributed by atoms with Crippen molar-refractivity contribution < 1.29 is 9.18 Å². The number of nitrogens with two attached hydrogens (primary N) is 1. The molecule has 0 aliphatic carbocycles. The van der Waals surface area contributed by atoms with E-state index in [1.165, 1.54) is 18.3 Å². The Morgan fingerprint density at radius 2 is 1.79 bits per heavy atom. The van der Waals surface area contributed by atoms with Gasteiger partial charge in [-0.25, -0.2) is 9.37 Å². The highest BCUT2D eigenvalue weighted by Crippen LogP contribution is 2.32. The highest BCUT2D eigenvalue weighted by Gasteiger charge is 2.28. The van der Waals surface area contributed by atoms with E-state index in [0.717, 1.165) is 30.4 Å². The molecule has 2 heterocycles. The van der Waals surface area contributed by atoms with E-state index in [-0.39, 0.29) is 17.8 Å². The molecule has 0 saturated carbocycles. The summed E-state index contributed by atoms with van der Waals surface area (Å²) < 4.78 is 13.3. The average Bonchev–Trinajstić information content (AvgIpc) is 2.74. The Labute approximate surface area is 163 Å². The number of carbonyl (C=O) groups excluding carboxylic acids is 1. The van der Waals surface area contributed by atoms with Gasteiger partial charge in [-0.3, -0.25) is 9.78 Å². The van der Waals surface area contributed by atoms with Crippen LogP contribution < -0.4 is 5.73 Å². The third kappa shape index (κ3) is 3.71. The van der Waals surface area contributed by atoms with Crippen LogP contribution in [0.15, 0.2) is 60.9 Å². The monoisotopic (exact) mass is 376 g/mol. The van der Waals surface area contributed by atoms with Gasteiger partial charge in [0, 0.05) is 17.7 Å². The lowest BCUT2D eigenvalue weighted by Crippen LogP contribution is -2.38. The molecule has 5 nitrogen and oxygen atoms in total. The van der Waals surface area contributed by atoms with Gasteiger partial charge in [-0.2, -0.15) is 0 Å². The Hall–Kier alpha value is -3.28. The van der Waals surface area contributed by atoms with Crippen LogP contribution in [0.3, 0.4) is 0 Å². The number of nitrogen functional groups attached to an aromatic ring is 1. The summed E-state index contributed by atoms with van der Waals surface area (Å²) in [5.41, 5.74) is 8.81. The maximum Gasteiger partial charge on any atom is 0.254 e. The van der Waals surface area contributed by atoms with Crippen molar-refractivity contribution in [2.45, 2.75) is 25.3 Å². The fourth-order valence-corrected chi connectivity index (χ4v) is 3.68. The van der Waals surface area contributed by atoms with Gasteiger partial charge in [0.15, 0.2) is 0 Å². The number of hydrogen-bond acceptors (Lipinski definition) is 4. The predicted octanol–water partition coefficient (Wildman–Crippen LogP) is 4.23. The zero-order valence-corrected chi connectivity index (χ0v) is 15.4. The maximum absolute atomic E-state index is 13.3. The topological polar surface area (TPSA) is 72.1 Å². The minimum absolute atomic E-state index is 0.0146. The number of rotatable bonds is 3. The van der Waals surface area contributed by atoms with Gasteiger partial charge < -0.3 is 10.6 Å². The lowest BCUT2D eigenvalue weighted by atomic mass is 9.94. The highest BCUT2D eigenvalue weighted by molar-refractivity contribution is 5.95. The van der Waals surface area contributed by atoms with E-state index >= 15 is 0 Å². The van der Waals surface area contributed by atoms with Crippen molar-refractivity contribution in [2.75, 3.05) is 12.3 Å². The molecule has 1 unspecified atom stereocenters. The largest absolute Gasteiger partial charge is 0.382 e. The standard InChI is InChI=1S/C22H21FN4O/c23-18-10-8-16(9-11-18)20-3-1-2-12-27(20)22(28)17-6-4-15(5-7-17)19-13-25-14-21(24)26-19/h4-11,13-14,20H,1-3,12H2,(H2,24,26). The number of aromatic nitrogens is 2. The molecule has 4 rings (SSSR count). The highest BCUT2D eigenvalue weighted by atomic mass is 19.1. The molecule has 1 atom stereocenters. The molecule has 1 aliphatic heterocycles. The van der Waals surface area contributed by atoms with Crippen LogP contribution >= 0.6 is 0 Å². The average molecular weight is 376 g/mol. The second-order valence-electron chi connectivity index (χ2n) is 6.97. The minimum Gasteiger partial charge on any atom is -0.382 e. The third-order valence-electron chi connectivity index (χ3n) is 5.10. The van der Waals surface area contributed by atoms with Gasteiger partial charge in [0.05, 0.1) is 24.1 Å². The van der Waals surface area contributed by atoms with Gasteiger partial charge in [-0.1, -0.05) is 24.3 Å². The lowest BCUT2D eigenvalue weighted by Gasteiger charge is -2.36. The van der Waals surface area contributed by atoms with Crippen molar-refractivity contribution in [3.05, 3.63) is 77.9 Å². The van der Waals surface area contributed by atoms with Crippen LogP contribution in [0, 0.1) is 5.82 Å². The first-order valence-electron chi connectivity index (χ1n) is 9.36. The van der Waals surface area contributed by atoms with E-state index in [0.29, 0.717) is 23.6 Å². The molecule has 1 aliphatic rings. The minimum atomic E-state index is -0.266. The molecular formula is C22H21FN4O. The SMILES string of the molecule is Nc1cncc(-c2ccc(C(=O)N3CCCCC3c3ccc(F)cc3)cc2)n1. The quantitative estimate of drug-likeness (QED) is 0.742. The molecule has 1 amide bonds. The van der Waals surface area contributed by atoms with Gasteiger partial charge in [0.25, 0.3) is 5.91 Å². The van der Waals surface area contributed by atoms with Crippen molar-refractivity contribution in [1.82, 2.24) is 14.9 Å². The fourth-order valence-electron chi connectivity index (χ4n) is 3.68. The van der Waals surface area contributed by atoms with Gasteiger partial charge in [0.1, 0.15) is 11.6 Å². The van der Waals surface area contributed by atoms with Crippen molar-refractivity contribution in [3.63, 3.8) is 0 Å². The van der Waals surface area contributed by atoms with Gasteiger partial charge in [-0.15, -0.1) is 0 Å². The summed E-state index contributed by atoms with van der Waals surface area (Å²) in [6.45, 7) is 0.698. The maximum atomic E-state index is 13.3. The molecule has 0 radical (unpaired) electrons. The first kappa shape index (κ1) is 18.1. The van der Waals surface area contributed by atoms with Crippen molar-refractivity contribution in [3.8, 4) is 11.3 Å². The molecule has 2 N–H and O–H groups in total. The Bertz CT molecular complexity index is 973. The van der Waals surface area contributed by atoms with Crippen LogP contribution in [0.25, 0.3) is 11.3 Å². The summed E-state index contributed by atoms with van der Waals surface area (Å²) in [4.78, 5) is 23.4. The van der Waals surface area contributed by atoms with E-state index in [4.69, 9.17) is 5.73 Å². The summed E-state index contributed by atoms with van der Waals surface area (Å²) in [7, 11) is 0. The lowest BCUT2D eigenvalue weighted by molar-refractivity contribution is 0.0611. The number of likely N-dealkylation sites (tertiary alicyclic amines) is 1. The zero-order chi connectivity index (χ0) is 19.5. The molecule has 2 aromatic carbocycles. The molecule has 1 saturated heterocycles. The summed E-state index contributed by atoms with van der Waals surface area (Å²) in [5, 5.41) is 0. The number of benzene rings is 2. The Kier molecular flexibility index (Phi) is 5.02. The number of piperidine rings is 1. The van der Waals surface area contributed by atoms with E-state index in [1.54, 1.807) is 30.5 Å². The summed E-state index contributed by atoms with van der Waals surface area (Å²) >= 11 is 0. The number of anilines is 1. The van der Waals surface area contributed by atoms with E-state index in [1.807, 2.05) is 17.0 Å². The van der Waals surface area contributed by atoms with Crippen LogP contribution in [0.5, 0.6) is 0 Å². The van der Waals surface area contributed by atoms with Crippen molar-refractivity contribution in [2.24, 2.45) is 0 Å². The number of hydrogen-bond donors (Lipinski definition) is 1. The van der Waals surface area contributed by atoms with E-state index in [9.17, 15) is 9.18 Å². The Morgan fingerprint density at radius 1 is 1.04 bits per heavy atom. The van der Waals surface area contributed by atoms with Crippen LogP contribution in [-0.4, -0.2) is 27.3 Å². The molecule has 0 spiro atoms. The molecule has 142 valence electrons. The second kappa shape index (κ2) is 7.76. The number of nitrogens with zero attached hydrogens (tertiary/aromatic N) is 3. The van der Waals surface area contributed by atoms with Crippen molar-refractivity contribution in [1.29, 1.82) is 0 Å². The number of amides is 1. The zero-order valence-electron chi connectivity index (χ0n) is 15.4. The first-order valence-corrected chi connectivity index (χ1v) is 9.36. The molecule has 3 aromatic rings. The van der Waals surface area contributed by atoms with Crippen LogP contribution in [0.2, 0.25) is 0 Å². The van der Waals surface area contributed by atoms with Crippen molar-refractivity contribution >= 4 is 11.7 Å². The van der Waals surface area contributed by atoms with Gasteiger partial charge in [0.2, 0.25) is 0 Å².